The van der Waals surface area contributed by atoms with E-state index < -0.39 is 7.82 Å². The normalized spacial score (nSPS) is 8.43. The van der Waals surface area contributed by atoms with Gasteiger partial charge in [-0.15, -0.1) is 0 Å². The van der Waals surface area contributed by atoms with Crippen molar-refractivity contribution in [2.24, 2.45) is 0 Å². The van der Waals surface area contributed by atoms with Gasteiger partial charge < -0.3 is 19.2 Å². The molecule has 7 heteroatoms. The topological polar surface area (TPSA) is 86.2 Å². The van der Waals surface area contributed by atoms with Gasteiger partial charge in [-0.1, -0.05) is 0 Å². The van der Waals surface area contributed by atoms with E-state index in [-0.39, 0.29) is 47.3 Å². The van der Waals surface area contributed by atoms with Crippen LogP contribution in [0.4, 0.5) is 0 Å². The second kappa shape index (κ2) is 5.81. The SMILES string of the molecule is O=P([O-])([O-])[O-].[Pt+2].[Zr+2]. The fourth-order valence-corrected chi connectivity index (χ4v) is 0. The van der Waals surface area contributed by atoms with E-state index in [4.69, 9.17) is 19.2 Å². The van der Waals surface area contributed by atoms with E-state index in [2.05, 4.69) is 0 Å². The molecular weight excluding hydrogens is 381 g/mol. The number of phosphoric acid groups is 1. The Labute approximate surface area is 73.9 Å². The van der Waals surface area contributed by atoms with Crippen LogP contribution in [0.15, 0.2) is 0 Å². The molecule has 0 aliphatic carbocycles. The molecule has 0 aliphatic rings. The zero-order valence-electron chi connectivity index (χ0n) is 2.90. The Kier molecular flexibility index (Phi) is 13.2. The molecule has 0 spiro atoms. The van der Waals surface area contributed by atoms with Gasteiger partial charge in [-0.2, -0.15) is 7.82 Å². The summed E-state index contributed by atoms with van der Waals surface area (Å²) in [6, 6.07) is 0. The third-order valence-electron chi connectivity index (χ3n) is 0. The molecule has 0 unspecified atom stereocenters. The molecule has 7 heavy (non-hydrogen) atoms. The van der Waals surface area contributed by atoms with Gasteiger partial charge in [0, 0.05) is 0 Å². The summed E-state index contributed by atoms with van der Waals surface area (Å²) in [7, 11) is -5.39. The van der Waals surface area contributed by atoms with Crippen molar-refractivity contribution in [1.82, 2.24) is 0 Å². The van der Waals surface area contributed by atoms with E-state index in [0.29, 0.717) is 0 Å². The maximum atomic E-state index is 8.55. The van der Waals surface area contributed by atoms with Crippen LogP contribution in [0.25, 0.3) is 0 Å². The molecule has 0 rings (SSSR count). The molecule has 0 N–H and O–H groups in total. The first-order valence-electron chi connectivity index (χ1n) is 0.730. The van der Waals surface area contributed by atoms with Crippen molar-refractivity contribution in [3.05, 3.63) is 0 Å². The monoisotopic (exact) mass is 380 g/mol. The second-order valence-electron chi connectivity index (χ2n) is 0.447. The van der Waals surface area contributed by atoms with Crippen LogP contribution in [-0.4, -0.2) is 0 Å². The minimum atomic E-state index is -5.39. The van der Waals surface area contributed by atoms with E-state index >= 15 is 0 Å². The summed E-state index contributed by atoms with van der Waals surface area (Å²) in [5.74, 6) is 0. The van der Waals surface area contributed by atoms with Gasteiger partial charge in [0.1, 0.15) is 0 Å². The Morgan fingerprint density at radius 1 is 1.14 bits per heavy atom. The Morgan fingerprint density at radius 2 is 1.14 bits per heavy atom. The van der Waals surface area contributed by atoms with Crippen LogP contribution < -0.4 is 14.7 Å². The summed E-state index contributed by atoms with van der Waals surface area (Å²) < 4.78 is 8.55. The van der Waals surface area contributed by atoms with E-state index in [0.717, 1.165) is 0 Å². The predicted octanol–water partition coefficient (Wildman–Crippen LogP) is -2.83. The standard InChI is InChI=1S/H3O4P.Pt.Zr/c1-5(2,3)4;;/h(H3,1,2,3,4);;/q;2*+2/p-3. The molecule has 0 saturated heterocycles. The minimum Gasteiger partial charge on any atom is -0.822 e. The first-order valence-corrected chi connectivity index (χ1v) is 2.19. The van der Waals surface area contributed by atoms with E-state index in [1.807, 2.05) is 0 Å². The van der Waals surface area contributed by atoms with Crippen molar-refractivity contribution in [3.8, 4) is 0 Å². The Morgan fingerprint density at radius 3 is 1.14 bits per heavy atom. The summed E-state index contributed by atoms with van der Waals surface area (Å²) in [4.78, 5) is 25.6. The van der Waals surface area contributed by atoms with Crippen LogP contribution in [0, 0.1) is 0 Å². The minimum absolute atomic E-state index is 0. The number of hydrogen-bond acceptors (Lipinski definition) is 4. The largest absolute Gasteiger partial charge is 2.00 e. The first kappa shape index (κ1) is 15.9. The molecule has 0 heterocycles. The van der Waals surface area contributed by atoms with Crippen LogP contribution in [0.5, 0.6) is 0 Å². The fraction of sp³-hybridized carbons (Fsp3) is 0. The molecule has 0 radical (unpaired) electrons. The molecule has 0 aromatic heterocycles. The van der Waals surface area contributed by atoms with E-state index in [1.54, 1.807) is 0 Å². The third kappa shape index (κ3) is 87.7. The maximum Gasteiger partial charge on any atom is 2.00 e. The van der Waals surface area contributed by atoms with Crippen molar-refractivity contribution in [3.63, 3.8) is 0 Å². The van der Waals surface area contributed by atoms with Gasteiger partial charge in [0.25, 0.3) is 0 Å². The zero-order chi connectivity index (χ0) is 4.50. The fourth-order valence-electron chi connectivity index (χ4n) is 0. The van der Waals surface area contributed by atoms with Gasteiger partial charge in [0.2, 0.25) is 0 Å². The van der Waals surface area contributed by atoms with Crippen LogP contribution >= 0.6 is 7.82 Å². The second-order valence-corrected chi connectivity index (χ2v) is 1.34. The molecule has 0 amide bonds. The summed E-state index contributed by atoms with van der Waals surface area (Å²) >= 11 is 0. The van der Waals surface area contributed by atoms with Gasteiger partial charge >= 0.3 is 47.3 Å². The molecule has 0 bridgehead atoms. The first-order chi connectivity index (χ1) is 2.00. The van der Waals surface area contributed by atoms with Gasteiger partial charge in [-0.25, -0.2) is 0 Å². The Bertz CT molecular complexity index is 57.8. The third-order valence-corrected chi connectivity index (χ3v) is 0. The molecule has 0 aliphatic heterocycles. The predicted molar refractivity (Wildman–Crippen MR) is 7.61 cm³/mol. The summed E-state index contributed by atoms with van der Waals surface area (Å²) in [5, 5.41) is 0. The summed E-state index contributed by atoms with van der Waals surface area (Å²) in [6.45, 7) is 0. The average molecular weight is 381 g/mol. The van der Waals surface area contributed by atoms with Crippen molar-refractivity contribution >= 4 is 7.82 Å². The maximum absolute atomic E-state index is 8.55. The van der Waals surface area contributed by atoms with Crippen LogP contribution in [0.2, 0.25) is 0 Å². The molecule has 4 nitrogen and oxygen atoms in total. The Hall–Kier alpha value is 1.68. The quantitative estimate of drug-likeness (QED) is 0.424. The van der Waals surface area contributed by atoms with E-state index in [9.17, 15) is 0 Å². The molecule has 0 fully saturated rings. The van der Waals surface area contributed by atoms with Gasteiger partial charge in [-0.3, -0.25) is 0 Å². The molecule has 0 atom stereocenters. The Balaban J connectivity index is -0.0000000800. The van der Waals surface area contributed by atoms with Crippen LogP contribution in [0.1, 0.15) is 0 Å². The molecule has 0 aromatic carbocycles. The van der Waals surface area contributed by atoms with Crippen LogP contribution in [0.3, 0.4) is 0 Å². The van der Waals surface area contributed by atoms with E-state index in [1.165, 1.54) is 0 Å². The smallest absolute Gasteiger partial charge is 0.822 e. The average Bonchev–Trinajstić information content (AvgIpc) is 0.722. The number of rotatable bonds is 0. The summed E-state index contributed by atoms with van der Waals surface area (Å²) in [6.07, 6.45) is 0. The molecule has 0 aromatic rings. The van der Waals surface area contributed by atoms with Crippen molar-refractivity contribution < 1.29 is 66.5 Å². The number of hydrogen-bond donors (Lipinski definition) is 0. The molecule has 42 valence electrons. The summed E-state index contributed by atoms with van der Waals surface area (Å²) in [5.41, 5.74) is 0. The van der Waals surface area contributed by atoms with Crippen molar-refractivity contribution in [2.75, 3.05) is 0 Å². The van der Waals surface area contributed by atoms with Crippen molar-refractivity contribution in [2.45, 2.75) is 0 Å². The van der Waals surface area contributed by atoms with Gasteiger partial charge in [0.05, 0.1) is 0 Å². The van der Waals surface area contributed by atoms with Gasteiger partial charge in [-0.05, 0) is 0 Å². The zero-order valence-corrected chi connectivity index (χ0v) is 8.52. The molecule has 0 saturated carbocycles. The van der Waals surface area contributed by atoms with Gasteiger partial charge in [0.15, 0.2) is 0 Å². The molecular formula is O4PPtZr+. The van der Waals surface area contributed by atoms with Crippen molar-refractivity contribution in [1.29, 1.82) is 0 Å². The van der Waals surface area contributed by atoms with Crippen LogP contribution in [-0.2, 0) is 51.8 Å².